The van der Waals surface area contributed by atoms with Crippen LogP contribution in [0.5, 0.6) is 0 Å². The predicted molar refractivity (Wildman–Crippen MR) is 138 cm³/mol. The fourth-order valence-electron chi connectivity index (χ4n) is 6.44. The Labute approximate surface area is 212 Å². The Morgan fingerprint density at radius 1 is 1.14 bits per heavy atom. The smallest absolute Gasteiger partial charge is 0.244 e. The van der Waals surface area contributed by atoms with Crippen molar-refractivity contribution < 1.29 is 19.5 Å². The first-order valence-electron chi connectivity index (χ1n) is 13.1. The molecule has 0 aromatic heterocycles. The lowest BCUT2D eigenvalue weighted by Gasteiger charge is -2.40. The van der Waals surface area contributed by atoms with Gasteiger partial charge >= 0.3 is 0 Å². The first-order chi connectivity index (χ1) is 16.9. The lowest BCUT2D eigenvalue weighted by atomic mass is 9.66. The van der Waals surface area contributed by atoms with E-state index in [2.05, 4.69) is 24.5 Å². The number of nitrogens with zero attached hydrogens (tertiary/aromatic N) is 1. The number of nitrogens with one attached hydrogen (secondary N) is 2. The summed E-state index contributed by atoms with van der Waals surface area (Å²) >= 11 is 1.68. The Kier molecular flexibility index (Phi) is 8.11. The molecule has 2 bridgehead atoms. The summed E-state index contributed by atoms with van der Waals surface area (Å²) < 4.78 is -0.656. The molecule has 3 heterocycles. The molecular formula is C27H39N3O4S. The van der Waals surface area contributed by atoms with Gasteiger partial charge in [0.1, 0.15) is 6.04 Å². The lowest BCUT2D eigenvalue weighted by molar-refractivity contribution is -0.142. The van der Waals surface area contributed by atoms with Crippen molar-refractivity contribution in [1.82, 2.24) is 15.5 Å². The maximum absolute atomic E-state index is 14.2. The van der Waals surface area contributed by atoms with E-state index in [-0.39, 0.29) is 35.5 Å². The average molecular weight is 502 g/mol. The van der Waals surface area contributed by atoms with Gasteiger partial charge < -0.3 is 20.6 Å². The van der Waals surface area contributed by atoms with Gasteiger partial charge in [0.25, 0.3) is 0 Å². The largest absolute Gasteiger partial charge is 0.394 e. The molecule has 3 fully saturated rings. The normalized spacial score (nSPS) is 31.9. The zero-order valence-electron chi connectivity index (χ0n) is 21.0. The summed E-state index contributed by atoms with van der Waals surface area (Å²) in [5.41, 5.74) is 1.00. The average Bonchev–Trinajstić information content (AvgIpc) is 3.45. The summed E-state index contributed by atoms with van der Waals surface area (Å²) in [7, 11) is 0. The monoisotopic (exact) mass is 501 g/mol. The standard InChI is InChI=1S/C27H39N3O4S/c1-4-6-13-29-25(33)23-27-17(3)14-20(35-27)21(24(32)28-12-5-2)22(27)26(34)30(23)19(16-31)15-18-10-8-7-9-11-18/h7-11,17,19-23,31H,4-6,12-16H2,1-3H3,(H,28,32)(H,29,33)/t17?,19-,20-,21+,22+,23?,27?/m1/s1. The molecule has 3 N–H and O–H groups in total. The van der Waals surface area contributed by atoms with Crippen molar-refractivity contribution >= 4 is 29.5 Å². The molecule has 3 unspecified atom stereocenters. The second kappa shape index (κ2) is 10.9. The van der Waals surface area contributed by atoms with Crippen LogP contribution in [-0.4, -0.2) is 69.5 Å². The number of carbonyl (C=O) groups excluding carboxylic acids is 3. The van der Waals surface area contributed by atoms with Crippen LogP contribution in [0.15, 0.2) is 30.3 Å². The van der Waals surface area contributed by atoms with Gasteiger partial charge in [-0.2, -0.15) is 0 Å². The van der Waals surface area contributed by atoms with Crippen LogP contribution in [0.3, 0.4) is 0 Å². The summed E-state index contributed by atoms with van der Waals surface area (Å²) in [5, 5.41) is 16.6. The zero-order chi connectivity index (χ0) is 25.2. The predicted octanol–water partition coefficient (Wildman–Crippen LogP) is 2.37. The minimum Gasteiger partial charge on any atom is -0.394 e. The Morgan fingerprint density at radius 3 is 2.51 bits per heavy atom. The highest BCUT2D eigenvalue weighted by Gasteiger charge is 2.76. The Hall–Kier alpha value is -2.06. The van der Waals surface area contributed by atoms with Crippen molar-refractivity contribution in [3.8, 4) is 0 Å². The van der Waals surface area contributed by atoms with E-state index in [1.165, 1.54) is 0 Å². The van der Waals surface area contributed by atoms with Gasteiger partial charge in [-0.3, -0.25) is 14.4 Å². The maximum Gasteiger partial charge on any atom is 0.244 e. The van der Waals surface area contributed by atoms with Crippen LogP contribution in [0.1, 0.15) is 52.0 Å². The summed E-state index contributed by atoms with van der Waals surface area (Å²) in [5.74, 6) is -1.27. The van der Waals surface area contributed by atoms with Crippen molar-refractivity contribution in [3.63, 3.8) is 0 Å². The van der Waals surface area contributed by atoms with E-state index in [0.29, 0.717) is 19.5 Å². The number of fused-ring (bicyclic) bond motifs is 1. The molecule has 0 radical (unpaired) electrons. The van der Waals surface area contributed by atoms with E-state index >= 15 is 0 Å². The lowest BCUT2D eigenvalue weighted by Crippen LogP contribution is -2.59. The fraction of sp³-hybridized carbons (Fsp3) is 0.667. The number of likely N-dealkylation sites (tertiary alicyclic amines) is 1. The second-order valence-electron chi connectivity index (χ2n) is 10.3. The van der Waals surface area contributed by atoms with Crippen molar-refractivity contribution in [1.29, 1.82) is 0 Å². The Balaban J connectivity index is 1.72. The number of benzene rings is 1. The van der Waals surface area contributed by atoms with Gasteiger partial charge in [0, 0.05) is 18.3 Å². The number of rotatable bonds is 11. The highest BCUT2D eigenvalue weighted by molar-refractivity contribution is 8.02. The molecule has 7 nitrogen and oxygen atoms in total. The third-order valence-corrected chi connectivity index (χ3v) is 10.1. The Morgan fingerprint density at radius 2 is 1.86 bits per heavy atom. The molecule has 0 saturated carbocycles. The van der Waals surface area contributed by atoms with Gasteiger partial charge in [-0.15, -0.1) is 11.8 Å². The number of hydrogen-bond acceptors (Lipinski definition) is 5. The molecule has 7 atom stereocenters. The number of thioether (sulfide) groups is 1. The number of carbonyl (C=O) groups is 3. The van der Waals surface area contributed by atoms with E-state index in [9.17, 15) is 19.5 Å². The summed E-state index contributed by atoms with van der Waals surface area (Å²) in [6.45, 7) is 7.09. The van der Waals surface area contributed by atoms with E-state index in [4.69, 9.17) is 0 Å². The van der Waals surface area contributed by atoms with Gasteiger partial charge in [0.2, 0.25) is 17.7 Å². The van der Waals surface area contributed by atoms with Gasteiger partial charge in [0.05, 0.1) is 29.2 Å². The van der Waals surface area contributed by atoms with Crippen LogP contribution in [0, 0.1) is 17.8 Å². The minimum absolute atomic E-state index is 0.0330. The zero-order valence-corrected chi connectivity index (χ0v) is 21.9. The van der Waals surface area contributed by atoms with Crippen LogP contribution in [0.4, 0.5) is 0 Å². The molecular weight excluding hydrogens is 462 g/mol. The third kappa shape index (κ3) is 4.48. The molecule has 35 heavy (non-hydrogen) atoms. The molecule has 4 rings (SSSR count). The number of aliphatic hydroxyl groups is 1. The molecule has 3 saturated heterocycles. The van der Waals surface area contributed by atoms with Crippen LogP contribution < -0.4 is 10.6 Å². The number of aliphatic hydroxyl groups excluding tert-OH is 1. The van der Waals surface area contributed by atoms with Crippen molar-refractivity contribution in [2.24, 2.45) is 17.8 Å². The third-order valence-electron chi connectivity index (χ3n) is 8.03. The summed E-state index contributed by atoms with van der Waals surface area (Å²) in [4.78, 5) is 42.9. The highest BCUT2D eigenvalue weighted by atomic mass is 32.2. The number of hydrogen-bond donors (Lipinski definition) is 3. The van der Waals surface area contributed by atoms with Crippen LogP contribution >= 0.6 is 11.8 Å². The van der Waals surface area contributed by atoms with Crippen molar-refractivity contribution in [2.45, 2.75) is 75.0 Å². The van der Waals surface area contributed by atoms with Crippen LogP contribution in [0.2, 0.25) is 0 Å². The maximum atomic E-state index is 14.2. The number of amides is 3. The second-order valence-corrected chi connectivity index (χ2v) is 11.8. The molecule has 1 aromatic carbocycles. The SMILES string of the molecule is CCCCNC(=O)C1N([C@@H](CO)Cc2ccccc2)C(=O)[C@@H]2[C@@H](C(=O)NCCC)[C@H]3CC(C)C12S3. The molecule has 0 aliphatic carbocycles. The van der Waals surface area contributed by atoms with Gasteiger partial charge in [-0.05, 0) is 37.2 Å². The molecule has 3 aliphatic rings. The molecule has 192 valence electrons. The van der Waals surface area contributed by atoms with Gasteiger partial charge in [-0.25, -0.2) is 0 Å². The van der Waals surface area contributed by atoms with E-state index in [1.807, 2.05) is 37.3 Å². The first-order valence-corrected chi connectivity index (χ1v) is 14.0. The van der Waals surface area contributed by atoms with Gasteiger partial charge in [0.15, 0.2) is 0 Å². The van der Waals surface area contributed by atoms with E-state index < -0.39 is 28.7 Å². The van der Waals surface area contributed by atoms with E-state index in [0.717, 1.165) is 31.2 Å². The topological polar surface area (TPSA) is 98.7 Å². The van der Waals surface area contributed by atoms with Crippen LogP contribution in [0.25, 0.3) is 0 Å². The molecule has 3 amide bonds. The van der Waals surface area contributed by atoms with Crippen molar-refractivity contribution in [3.05, 3.63) is 35.9 Å². The molecule has 1 aromatic rings. The van der Waals surface area contributed by atoms with E-state index in [1.54, 1.807) is 16.7 Å². The highest BCUT2D eigenvalue weighted by Crippen LogP contribution is 2.68. The summed E-state index contributed by atoms with van der Waals surface area (Å²) in [6, 6.07) is 8.52. The molecule has 8 heteroatoms. The summed E-state index contributed by atoms with van der Waals surface area (Å²) in [6.07, 6.45) is 3.92. The molecule has 1 spiro atoms. The van der Waals surface area contributed by atoms with Crippen LogP contribution in [-0.2, 0) is 20.8 Å². The quantitative estimate of drug-likeness (QED) is 0.405. The van der Waals surface area contributed by atoms with Gasteiger partial charge in [-0.1, -0.05) is 57.5 Å². The molecule has 3 aliphatic heterocycles. The Bertz CT molecular complexity index is 928. The minimum atomic E-state index is -0.702. The van der Waals surface area contributed by atoms with Crippen molar-refractivity contribution in [2.75, 3.05) is 19.7 Å². The number of unbranched alkanes of at least 4 members (excludes halogenated alkanes) is 1. The first kappa shape index (κ1) is 26.0. The fourth-order valence-corrected chi connectivity index (χ4v) is 8.85.